The van der Waals surface area contributed by atoms with Crippen molar-refractivity contribution in [1.82, 2.24) is 9.88 Å². The smallest absolute Gasteiger partial charge is 0.203 e. The van der Waals surface area contributed by atoms with Gasteiger partial charge in [-0.2, -0.15) is 0 Å². The molecule has 194 valence electrons. The molecule has 1 aromatic heterocycles. The monoisotopic (exact) mass is 519 g/mol. The number of aromatic nitrogens is 1. The van der Waals surface area contributed by atoms with Crippen LogP contribution in [-0.2, 0) is 13.0 Å². The van der Waals surface area contributed by atoms with Crippen molar-refractivity contribution in [2.75, 3.05) is 40.3 Å². The number of nitrogens with one attached hydrogen (secondary N) is 2. The molecule has 4 aromatic rings. The van der Waals surface area contributed by atoms with Gasteiger partial charge in [0.15, 0.2) is 16.6 Å². The van der Waals surface area contributed by atoms with Crippen molar-refractivity contribution in [2.24, 2.45) is 0 Å². The maximum atomic E-state index is 5.92. The van der Waals surface area contributed by atoms with Crippen LogP contribution in [0.25, 0.3) is 10.9 Å². The van der Waals surface area contributed by atoms with Crippen molar-refractivity contribution in [2.45, 2.75) is 19.9 Å². The molecular weight excluding hydrogens is 486 g/mol. The highest BCUT2D eigenvalue weighted by Gasteiger charge is 2.19. The van der Waals surface area contributed by atoms with E-state index in [0.717, 1.165) is 34.6 Å². The maximum Gasteiger partial charge on any atom is 0.203 e. The molecule has 0 atom stereocenters. The standard InChI is InChI=1S/C29H33N3O4S/c1-19-21(22-10-6-7-11-23(22)30-19)14-15-32(29(37)31-24-12-8-9-13-25(24)33-2)18-20-16-26(34-3)28(36-5)27(17-20)35-4/h6-13,16-17,30H,14-15,18H2,1-5H3,(H,31,37). The minimum atomic E-state index is 0.541. The summed E-state index contributed by atoms with van der Waals surface area (Å²) < 4.78 is 22.2. The number of methoxy groups -OCH3 is 4. The molecule has 0 amide bonds. The first-order valence-corrected chi connectivity index (χ1v) is 12.4. The van der Waals surface area contributed by atoms with Crippen LogP contribution in [-0.4, -0.2) is 50.0 Å². The van der Waals surface area contributed by atoms with Crippen LogP contribution < -0.4 is 24.3 Å². The van der Waals surface area contributed by atoms with Crippen LogP contribution in [0.1, 0.15) is 16.8 Å². The molecule has 2 N–H and O–H groups in total. The Hall–Kier alpha value is -3.91. The maximum absolute atomic E-state index is 5.92. The van der Waals surface area contributed by atoms with Crippen LogP contribution in [0, 0.1) is 6.92 Å². The summed E-state index contributed by atoms with van der Waals surface area (Å²) in [4.78, 5) is 5.64. The first kappa shape index (κ1) is 26.2. The molecule has 0 unspecified atom stereocenters. The third-order valence-corrected chi connectivity index (χ3v) is 6.75. The van der Waals surface area contributed by atoms with E-state index in [9.17, 15) is 0 Å². The Morgan fingerprint density at radius 3 is 2.19 bits per heavy atom. The molecule has 1 heterocycles. The number of thiocarbonyl (C=S) groups is 1. The fourth-order valence-corrected chi connectivity index (χ4v) is 4.81. The van der Waals surface area contributed by atoms with Gasteiger partial charge in [-0.1, -0.05) is 30.3 Å². The second-order valence-corrected chi connectivity index (χ2v) is 9.00. The molecule has 0 aliphatic rings. The Bertz CT molecular complexity index is 1360. The zero-order chi connectivity index (χ0) is 26.4. The van der Waals surface area contributed by atoms with Gasteiger partial charge < -0.3 is 34.1 Å². The van der Waals surface area contributed by atoms with E-state index in [4.69, 9.17) is 31.2 Å². The van der Waals surface area contributed by atoms with Crippen LogP contribution in [0.4, 0.5) is 5.69 Å². The summed E-state index contributed by atoms with van der Waals surface area (Å²) in [5.74, 6) is 2.50. The van der Waals surface area contributed by atoms with Crippen molar-refractivity contribution in [1.29, 1.82) is 0 Å². The SMILES string of the molecule is COc1ccccc1NC(=S)N(CCc1c(C)[nH]c2ccccc12)Cc1cc(OC)c(OC)c(OC)c1. The number of rotatable bonds is 10. The fraction of sp³-hybridized carbons (Fsp3) is 0.276. The van der Waals surface area contributed by atoms with Gasteiger partial charge >= 0.3 is 0 Å². The molecule has 37 heavy (non-hydrogen) atoms. The highest BCUT2D eigenvalue weighted by atomic mass is 32.1. The molecule has 0 saturated carbocycles. The predicted octanol–water partition coefficient (Wildman–Crippen LogP) is 5.95. The molecular formula is C29H33N3O4S. The Morgan fingerprint density at radius 1 is 0.865 bits per heavy atom. The van der Waals surface area contributed by atoms with Crippen molar-refractivity contribution >= 4 is 33.9 Å². The largest absolute Gasteiger partial charge is 0.495 e. The number of H-pyrrole nitrogens is 1. The summed E-state index contributed by atoms with van der Waals surface area (Å²) >= 11 is 5.92. The third-order valence-electron chi connectivity index (χ3n) is 6.39. The third kappa shape index (κ3) is 5.75. The zero-order valence-electron chi connectivity index (χ0n) is 21.9. The highest BCUT2D eigenvalue weighted by Crippen LogP contribution is 2.38. The van der Waals surface area contributed by atoms with Gasteiger partial charge in [0, 0.05) is 29.7 Å². The van der Waals surface area contributed by atoms with Gasteiger partial charge in [0.05, 0.1) is 34.1 Å². The van der Waals surface area contributed by atoms with Crippen molar-refractivity contribution < 1.29 is 18.9 Å². The molecule has 0 aliphatic heterocycles. The molecule has 0 bridgehead atoms. The number of benzene rings is 3. The van der Waals surface area contributed by atoms with Gasteiger partial charge in [-0.3, -0.25) is 0 Å². The van der Waals surface area contributed by atoms with E-state index in [2.05, 4.69) is 40.3 Å². The number of para-hydroxylation sites is 3. The summed E-state index contributed by atoms with van der Waals surface area (Å²) in [7, 11) is 6.48. The van der Waals surface area contributed by atoms with Gasteiger partial charge in [-0.25, -0.2) is 0 Å². The van der Waals surface area contributed by atoms with Crippen molar-refractivity contribution in [3.63, 3.8) is 0 Å². The van der Waals surface area contributed by atoms with Crippen LogP contribution in [0.5, 0.6) is 23.0 Å². The van der Waals surface area contributed by atoms with E-state index < -0.39 is 0 Å². The van der Waals surface area contributed by atoms with Gasteiger partial charge in [0.25, 0.3) is 0 Å². The van der Waals surface area contributed by atoms with E-state index in [1.54, 1.807) is 28.4 Å². The first-order valence-electron chi connectivity index (χ1n) is 12.0. The second kappa shape index (κ2) is 11.9. The van der Waals surface area contributed by atoms with Gasteiger partial charge in [-0.15, -0.1) is 0 Å². The van der Waals surface area contributed by atoms with Gasteiger partial charge in [0.1, 0.15) is 5.75 Å². The van der Waals surface area contributed by atoms with Crippen molar-refractivity contribution in [3.8, 4) is 23.0 Å². The lowest BCUT2D eigenvalue weighted by molar-refractivity contribution is 0.322. The minimum absolute atomic E-state index is 0.541. The molecule has 8 heteroatoms. The van der Waals surface area contributed by atoms with E-state index in [-0.39, 0.29) is 0 Å². The van der Waals surface area contributed by atoms with Crippen molar-refractivity contribution in [3.05, 3.63) is 77.5 Å². The van der Waals surface area contributed by atoms with Gasteiger partial charge in [0.2, 0.25) is 5.75 Å². The minimum Gasteiger partial charge on any atom is -0.495 e. The number of aromatic amines is 1. The molecule has 0 radical (unpaired) electrons. The summed E-state index contributed by atoms with van der Waals surface area (Å²) in [6.45, 7) is 3.35. The van der Waals surface area contributed by atoms with Crippen LogP contribution in [0.2, 0.25) is 0 Å². The lowest BCUT2D eigenvalue weighted by Gasteiger charge is -2.27. The normalized spacial score (nSPS) is 10.7. The van der Waals surface area contributed by atoms with E-state index in [1.165, 1.54) is 10.9 Å². The molecule has 0 aliphatic carbocycles. The molecule has 0 spiro atoms. The van der Waals surface area contributed by atoms with E-state index in [0.29, 0.717) is 35.5 Å². The van der Waals surface area contributed by atoms with E-state index >= 15 is 0 Å². The number of hydrogen-bond donors (Lipinski definition) is 2. The molecule has 3 aromatic carbocycles. The number of nitrogens with zero attached hydrogens (tertiary/aromatic N) is 1. The number of hydrogen-bond acceptors (Lipinski definition) is 5. The second-order valence-electron chi connectivity index (χ2n) is 8.61. The molecule has 4 rings (SSSR count). The quantitative estimate of drug-likeness (QED) is 0.251. The Kier molecular flexibility index (Phi) is 8.40. The summed E-state index contributed by atoms with van der Waals surface area (Å²) in [6, 6.07) is 20.0. The van der Waals surface area contributed by atoms with Crippen LogP contribution in [0.15, 0.2) is 60.7 Å². The number of anilines is 1. The fourth-order valence-electron chi connectivity index (χ4n) is 4.55. The Balaban J connectivity index is 1.65. The first-order chi connectivity index (χ1) is 18.0. The summed E-state index contributed by atoms with van der Waals surface area (Å²) in [5, 5.41) is 5.21. The van der Waals surface area contributed by atoms with Crippen LogP contribution >= 0.6 is 12.2 Å². The summed E-state index contributed by atoms with van der Waals surface area (Å²) in [6.07, 6.45) is 0.814. The number of ether oxygens (including phenoxy) is 4. The Morgan fingerprint density at radius 2 is 1.51 bits per heavy atom. The lowest BCUT2D eigenvalue weighted by atomic mass is 10.1. The zero-order valence-corrected chi connectivity index (χ0v) is 22.7. The summed E-state index contributed by atoms with van der Waals surface area (Å²) in [5.41, 5.74) is 5.38. The number of fused-ring (bicyclic) bond motifs is 1. The van der Waals surface area contributed by atoms with Gasteiger partial charge in [-0.05, 0) is 67.0 Å². The average molecular weight is 520 g/mol. The lowest BCUT2D eigenvalue weighted by Crippen LogP contribution is -2.36. The van der Waals surface area contributed by atoms with E-state index in [1.807, 2.05) is 42.5 Å². The average Bonchev–Trinajstić information content (AvgIpc) is 3.25. The molecule has 7 nitrogen and oxygen atoms in total. The molecule has 0 fully saturated rings. The Labute approximate surface area is 223 Å². The number of aryl methyl sites for hydroxylation is 1. The van der Waals surface area contributed by atoms with Crippen LogP contribution in [0.3, 0.4) is 0 Å². The molecule has 0 saturated heterocycles. The topological polar surface area (TPSA) is 68.0 Å². The highest BCUT2D eigenvalue weighted by molar-refractivity contribution is 7.80. The predicted molar refractivity (Wildman–Crippen MR) is 152 cm³/mol.